The standard InChI is InChI=1S/C15H12N4O6/c20-10-8(11(21)17-14(24)16-10)6-4-2-1-3-5-7-9-12(22)18-15(25)19-13(9)23/h1-4,6-7H,(H3,16,17,20,21,24)(H3,18,19,22,23,25)/b2-1+,6-4?. The molecule has 10 nitrogen and oxygen atoms in total. The molecule has 2 aromatic rings. The van der Waals surface area contributed by atoms with Gasteiger partial charge >= 0.3 is 11.4 Å². The first-order valence-electron chi connectivity index (χ1n) is 6.75. The fourth-order valence-corrected chi connectivity index (χ4v) is 1.72. The number of allylic oxidation sites excluding steroid dienone is 4. The average Bonchev–Trinajstić information content (AvgIpc) is 2.50. The third-order valence-corrected chi connectivity index (χ3v) is 2.82. The molecule has 0 unspecified atom stereocenters. The lowest BCUT2D eigenvalue weighted by atomic mass is 10.2. The zero-order valence-electron chi connectivity index (χ0n) is 12.5. The van der Waals surface area contributed by atoms with Gasteiger partial charge in [-0.15, -0.1) is 5.73 Å². The molecule has 0 radical (unpaired) electrons. The lowest BCUT2D eigenvalue weighted by Crippen LogP contribution is -2.23. The molecule has 0 bridgehead atoms. The van der Waals surface area contributed by atoms with Crippen molar-refractivity contribution in [2.24, 2.45) is 0 Å². The van der Waals surface area contributed by atoms with Crippen molar-refractivity contribution in [3.8, 4) is 11.8 Å². The number of H-pyrrole nitrogens is 4. The van der Waals surface area contributed by atoms with Gasteiger partial charge in [0.2, 0.25) is 11.8 Å². The minimum Gasteiger partial charge on any atom is -0.494 e. The van der Waals surface area contributed by atoms with Crippen LogP contribution in [0.1, 0.15) is 11.1 Å². The molecule has 0 aliphatic rings. The summed E-state index contributed by atoms with van der Waals surface area (Å²) in [6.07, 6.45) is 8.23. The van der Waals surface area contributed by atoms with Gasteiger partial charge in [-0.1, -0.05) is 18.2 Å². The molecule has 25 heavy (non-hydrogen) atoms. The van der Waals surface area contributed by atoms with Crippen molar-refractivity contribution < 1.29 is 10.2 Å². The van der Waals surface area contributed by atoms with E-state index >= 15 is 0 Å². The van der Waals surface area contributed by atoms with Crippen LogP contribution in [0.3, 0.4) is 0 Å². The minimum atomic E-state index is -0.825. The molecule has 0 aliphatic carbocycles. The van der Waals surface area contributed by atoms with Crippen LogP contribution < -0.4 is 22.5 Å². The Balaban J connectivity index is 2.13. The van der Waals surface area contributed by atoms with Crippen molar-refractivity contribution in [2.45, 2.75) is 0 Å². The van der Waals surface area contributed by atoms with Gasteiger partial charge in [-0.2, -0.15) is 0 Å². The average molecular weight is 344 g/mol. The summed E-state index contributed by atoms with van der Waals surface area (Å²) in [5, 5.41) is 18.9. The summed E-state index contributed by atoms with van der Waals surface area (Å²) < 4.78 is 0. The lowest BCUT2D eigenvalue weighted by Gasteiger charge is -1.94. The fraction of sp³-hybridized carbons (Fsp3) is 0. The van der Waals surface area contributed by atoms with Crippen molar-refractivity contribution in [2.75, 3.05) is 0 Å². The lowest BCUT2D eigenvalue weighted by molar-refractivity contribution is 0.446. The highest BCUT2D eigenvalue weighted by Gasteiger charge is 2.04. The fourth-order valence-electron chi connectivity index (χ4n) is 1.72. The molecule has 128 valence electrons. The van der Waals surface area contributed by atoms with Crippen molar-refractivity contribution in [3.05, 3.63) is 82.8 Å². The van der Waals surface area contributed by atoms with Crippen LogP contribution in [0, 0.1) is 0 Å². The molecule has 10 heteroatoms. The predicted octanol–water partition coefficient (Wildman–Crippen LogP) is -0.711. The number of aromatic nitrogens is 4. The normalized spacial score (nSPS) is 10.9. The molecule has 0 saturated carbocycles. The van der Waals surface area contributed by atoms with Crippen LogP contribution in [0.25, 0.3) is 12.2 Å². The van der Waals surface area contributed by atoms with Crippen molar-refractivity contribution in [1.82, 2.24) is 19.9 Å². The van der Waals surface area contributed by atoms with Gasteiger partial charge in [0.15, 0.2) is 0 Å². The molecule has 0 aromatic carbocycles. The van der Waals surface area contributed by atoms with Crippen LogP contribution in [0.15, 0.2) is 49.2 Å². The van der Waals surface area contributed by atoms with Gasteiger partial charge in [0, 0.05) is 0 Å². The summed E-state index contributed by atoms with van der Waals surface area (Å²) in [5.74, 6) is -1.13. The maximum absolute atomic E-state index is 11.5. The summed E-state index contributed by atoms with van der Waals surface area (Å²) in [4.78, 5) is 52.7. The highest BCUT2D eigenvalue weighted by atomic mass is 16.3. The monoisotopic (exact) mass is 344 g/mol. The maximum Gasteiger partial charge on any atom is 0.328 e. The molecular formula is C15H12N4O6. The first-order chi connectivity index (χ1) is 11.9. The Labute approximate surface area is 137 Å². The SMILES string of the molecule is O=c1[nH]c(O)c(C=C=C/C=C/C=Cc2c(O)[nH]c(=O)[nH]c2=O)c(=O)[nH]1. The molecule has 0 aliphatic heterocycles. The number of nitrogens with one attached hydrogen (secondary N) is 4. The summed E-state index contributed by atoms with van der Waals surface area (Å²) in [6, 6.07) is 0. The zero-order valence-corrected chi connectivity index (χ0v) is 12.5. The summed E-state index contributed by atoms with van der Waals surface area (Å²) in [7, 11) is 0. The second-order valence-electron chi connectivity index (χ2n) is 4.56. The van der Waals surface area contributed by atoms with Crippen LogP contribution in [-0.4, -0.2) is 30.1 Å². The smallest absolute Gasteiger partial charge is 0.328 e. The zero-order chi connectivity index (χ0) is 18.4. The highest BCUT2D eigenvalue weighted by Crippen LogP contribution is 2.07. The van der Waals surface area contributed by atoms with E-state index in [1.54, 1.807) is 0 Å². The third-order valence-electron chi connectivity index (χ3n) is 2.82. The Morgan fingerprint density at radius 1 is 0.720 bits per heavy atom. The molecule has 2 aromatic heterocycles. The third kappa shape index (κ3) is 4.47. The summed E-state index contributed by atoms with van der Waals surface area (Å²) in [5.41, 5.74) is -0.833. The first-order valence-corrected chi connectivity index (χ1v) is 6.75. The first kappa shape index (κ1) is 17.3. The van der Waals surface area contributed by atoms with E-state index in [1.165, 1.54) is 30.4 Å². The number of aromatic hydroxyl groups is 2. The second-order valence-corrected chi connectivity index (χ2v) is 4.56. The topological polar surface area (TPSA) is 172 Å². The molecular weight excluding hydrogens is 332 g/mol. The Hall–Kier alpha value is -4.04. The maximum atomic E-state index is 11.5. The minimum absolute atomic E-state index is 0.117. The number of hydrogen-bond donors (Lipinski definition) is 6. The van der Waals surface area contributed by atoms with E-state index < -0.39 is 34.3 Å². The molecule has 2 heterocycles. The van der Waals surface area contributed by atoms with E-state index in [1.807, 2.05) is 19.9 Å². The van der Waals surface area contributed by atoms with Crippen molar-refractivity contribution in [1.29, 1.82) is 0 Å². The van der Waals surface area contributed by atoms with E-state index in [0.29, 0.717) is 0 Å². The number of hydrogen-bond acceptors (Lipinski definition) is 6. The van der Waals surface area contributed by atoms with Gasteiger partial charge in [0.25, 0.3) is 11.1 Å². The molecule has 0 fully saturated rings. The Morgan fingerprint density at radius 3 is 1.84 bits per heavy atom. The quantitative estimate of drug-likeness (QED) is 0.316. The summed E-state index contributed by atoms with van der Waals surface area (Å²) >= 11 is 0. The van der Waals surface area contributed by atoms with E-state index in [-0.39, 0.29) is 11.1 Å². The second kappa shape index (κ2) is 7.49. The van der Waals surface area contributed by atoms with Crippen LogP contribution in [-0.2, 0) is 0 Å². The predicted molar refractivity (Wildman–Crippen MR) is 89.4 cm³/mol. The van der Waals surface area contributed by atoms with Crippen molar-refractivity contribution in [3.63, 3.8) is 0 Å². The van der Waals surface area contributed by atoms with E-state index in [9.17, 15) is 29.4 Å². The van der Waals surface area contributed by atoms with Gasteiger partial charge in [-0.05, 0) is 18.2 Å². The van der Waals surface area contributed by atoms with Crippen LogP contribution in [0.2, 0.25) is 0 Å². The van der Waals surface area contributed by atoms with E-state index in [0.717, 1.165) is 6.08 Å². The van der Waals surface area contributed by atoms with Crippen LogP contribution in [0.5, 0.6) is 11.8 Å². The molecule has 0 spiro atoms. The molecule has 0 atom stereocenters. The molecule has 2 rings (SSSR count). The van der Waals surface area contributed by atoms with Gasteiger partial charge in [0.1, 0.15) is 5.56 Å². The van der Waals surface area contributed by atoms with E-state index in [4.69, 9.17) is 0 Å². The largest absolute Gasteiger partial charge is 0.494 e. The van der Waals surface area contributed by atoms with Gasteiger partial charge in [0.05, 0.1) is 5.56 Å². The Bertz CT molecular complexity index is 1140. The van der Waals surface area contributed by atoms with Gasteiger partial charge < -0.3 is 10.2 Å². The Kier molecular flexibility index (Phi) is 5.18. The Morgan fingerprint density at radius 2 is 1.28 bits per heavy atom. The molecule has 0 saturated heterocycles. The van der Waals surface area contributed by atoms with E-state index in [2.05, 4.69) is 5.73 Å². The number of aromatic amines is 4. The van der Waals surface area contributed by atoms with Gasteiger partial charge in [-0.3, -0.25) is 29.5 Å². The van der Waals surface area contributed by atoms with Crippen molar-refractivity contribution >= 4 is 12.2 Å². The van der Waals surface area contributed by atoms with Crippen LogP contribution >= 0.6 is 0 Å². The number of rotatable bonds is 4. The van der Waals surface area contributed by atoms with Gasteiger partial charge in [-0.25, -0.2) is 9.59 Å². The highest BCUT2D eigenvalue weighted by molar-refractivity contribution is 5.55. The molecule has 6 N–H and O–H groups in total. The summed E-state index contributed by atoms with van der Waals surface area (Å²) in [6.45, 7) is 0. The van der Waals surface area contributed by atoms with Crippen LogP contribution in [0.4, 0.5) is 0 Å². The molecule has 0 amide bonds.